The Morgan fingerprint density at radius 1 is 1.24 bits per heavy atom. The van der Waals surface area contributed by atoms with Gasteiger partial charge < -0.3 is 15.2 Å². The minimum absolute atomic E-state index is 0.0642. The normalized spacial score (nSPS) is 12.0. The quantitative estimate of drug-likeness (QED) is 0.818. The van der Waals surface area contributed by atoms with Gasteiger partial charge in [0.25, 0.3) is 0 Å². The van der Waals surface area contributed by atoms with Gasteiger partial charge in [0.1, 0.15) is 11.4 Å². The van der Waals surface area contributed by atoms with Crippen molar-refractivity contribution in [1.29, 1.82) is 0 Å². The lowest BCUT2D eigenvalue weighted by atomic mass is 10.1. The number of nitrogens with one attached hydrogen (secondary N) is 1. The maximum atomic E-state index is 12.9. The van der Waals surface area contributed by atoms with E-state index < -0.39 is 29.2 Å². The highest BCUT2D eigenvalue weighted by Crippen LogP contribution is 2.40. The lowest BCUT2D eigenvalue weighted by Crippen LogP contribution is -2.27. The van der Waals surface area contributed by atoms with Crippen LogP contribution in [0.3, 0.4) is 0 Å². The van der Waals surface area contributed by atoms with Crippen molar-refractivity contribution in [2.45, 2.75) is 32.5 Å². The molecule has 0 spiro atoms. The van der Waals surface area contributed by atoms with Gasteiger partial charge in [0.15, 0.2) is 0 Å². The molecule has 0 saturated heterocycles. The molecule has 8 heteroatoms. The third-order valence-electron chi connectivity index (χ3n) is 2.31. The van der Waals surface area contributed by atoms with Crippen LogP contribution in [0.15, 0.2) is 12.1 Å². The Morgan fingerprint density at radius 2 is 1.81 bits per heavy atom. The van der Waals surface area contributed by atoms with Crippen molar-refractivity contribution in [1.82, 2.24) is 0 Å². The van der Waals surface area contributed by atoms with Crippen LogP contribution in [0.2, 0.25) is 0 Å². The minimum Gasteiger partial charge on any atom is -0.496 e. The van der Waals surface area contributed by atoms with Gasteiger partial charge in [-0.3, -0.25) is 5.32 Å². The van der Waals surface area contributed by atoms with Crippen molar-refractivity contribution in [3.8, 4) is 5.75 Å². The number of alkyl halides is 3. The second kappa shape index (κ2) is 5.71. The van der Waals surface area contributed by atoms with Gasteiger partial charge in [-0.2, -0.15) is 13.2 Å². The van der Waals surface area contributed by atoms with Gasteiger partial charge in [-0.15, -0.1) is 0 Å². The van der Waals surface area contributed by atoms with Crippen LogP contribution in [0.5, 0.6) is 5.75 Å². The number of carbonyl (C=O) groups is 1. The van der Waals surface area contributed by atoms with Crippen molar-refractivity contribution in [3.63, 3.8) is 0 Å². The summed E-state index contributed by atoms with van der Waals surface area (Å²) in [5.74, 6) is -0.422. The van der Waals surface area contributed by atoms with Crippen LogP contribution in [0.4, 0.5) is 29.3 Å². The molecule has 0 unspecified atom stereocenters. The van der Waals surface area contributed by atoms with Crippen LogP contribution in [0.25, 0.3) is 0 Å². The molecule has 0 atom stereocenters. The minimum atomic E-state index is -4.64. The van der Waals surface area contributed by atoms with E-state index in [4.69, 9.17) is 10.5 Å². The maximum absolute atomic E-state index is 12.9. The number of halogens is 3. The van der Waals surface area contributed by atoms with Crippen molar-refractivity contribution < 1.29 is 27.4 Å². The number of methoxy groups -OCH3 is 1. The predicted molar refractivity (Wildman–Crippen MR) is 72.3 cm³/mol. The van der Waals surface area contributed by atoms with Crippen LogP contribution in [-0.2, 0) is 10.9 Å². The Morgan fingerprint density at radius 3 is 2.24 bits per heavy atom. The third kappa shape index (κ3) is 4.73. The highest BCUT2D eigenvalue weighted by atomic mass is 19.4. The summed E-state index contributed by atoms with van der Waals surface area (Å²) in [5.41, 5.74) is 3.53. The summed E-state index contributed by atoms with van der Waals surface area (Å²) in [4.78, 5) is 11.6. The van der Waals surface area contributed by atoms with Gasteiger partial charge in [-0.1, -0.05) is 0 Å². The van der Waals surface area contributed by atoms with Crippen LogP contribution in [-0.4, -0.2) is 18.8 Å². The number of rotatable bonds is 2. The second-order valence-electron chi connectivity index (χ2n) is 5.26. The molecule has 3 N–H and O–H groups in total. The largest absolute Gasteiger partial charge is 0.496 e. The van der Waals surface area contributed by atoms with Gasteiger partial charge in [0.05, 0.1) is 24.0 Å². The zero-order chi connectivity index (χ0) is 16.4. The summed E-state index contributed by atoms with van der Waals surface area (Å²) in [5, 5.41) is 2.19. The first kappa shape index (κ1) is 16.9. The topological polar surface area (TPSA) is 73.6 Å². The molecule has 1 rings (SSSR count). The summed E-state index contributed by atoms with van der Waals surface area (Å²) in [6.07, 6.45) is -5.53. The van der Waals surface area contributed by atoms with E-state index in [1.54, 1.807) is 20.8 Å². The van der Waals surface area contributed by atoms with Gasteiger partial charge in [0, 0.05) is 6.07 Å². The zero-order valence-corrected chi connectivity index (χ0v) is 12.1. The molecule has 0 aliphatic heterocycles. The lowest BCUT2D eigenvalue weighted by molar-refractivity contribution is -0.138. The molecule has 1 aromatic rings. The van der Waals surface area contributed by atoms with E-state index in [0.717, 1.165) is 13.2 Å². The fraction of sp³-hybridized carbons (Fsp3) is 0.462. The Kier molecular flexibility index (Phi) is 4.60. The summed E-state index contributed by atoms with van der Waals surface area (Å²) in [6.45, 7) is 4.89. The molecule has 0 aliphatic rings. The summed E-state index contributed by atoms with van der Waals surface area (Å²) >= 11 is 0. The predicted octanol–water partition coefficient (Wildman–Crippen LogP) is 3.64. The molecule has 0 heterocycles. The number of hydrogen-bond acceptors (Lipinski definition) is 4. The molecule has 1 aromatic carbocycles. The molecule has 0 aliphatic carbocycles. The third-order valence-corrected chi connectivity index (χ3v) is 2.31. The number of nitrogens with two attached hydrogens (primary N) is 1. The van der Waals surface area contributed by atoms with Crippen LogP contribution < -0.4 is 15.8 Å². The molecular weight excluding hydrogens is 289 g/mol. The van der Waals surface area contributed by atoms with Crippen LogP contribution in [0, 0.1) is 0 Å². The molecule has 0 radical (unpaired) electrons. The first-order valence-electron chi connectivity index (χ1n) is 5.99. The van der Waals surface area contributed by atoms with Crippen molar-refractivity contribution in [2.75, 3.05) is 18.2 Å². The Hall–Kier alpha value is -2.12. The molecule has 118 valence electrons. The molecule has 21 heavy (non-hydrogen) atoms. The average molecular weight is 306 g/mol. The van der Waals surface area contributed by atoms with Gasteiger partial charge in [-0.05, 0) is 26.8 Å². The Bertz CT molecular complexity index is 537. The Balaban J connectivity index is 3.12. The van der Waals surface area contributed by atoms with Crippen LogP contribution in [0.1, 0.15) is 26.3 Å². The number of nitrogen functional groups attached to an aromatic ring is 1. The fourth-order valence-electron chi connectivity index (χ4n) is 1.51. The molecule has 0 bridgehead atoms. The number of ether oxygens (including phenoxy) is 2. The highest BCUT2D eigenvalue weighted by Gasteiger charge is 2.35. The van der Waals surface area contributed by atoms with Crippen molar-refractivity contribution in [3.05, 3.63) is 17.7 Å². The lowest BCUT2D eigenvalue weighted by Gasteiger charge is -2.21. The van der Waals surface area contributed by atoms with E-state index in [1.807, 2.05) is 0 Å². The van der Waals surface area contributed by atoms with Crippen LogP contribution >= 0.6 is 0 Å². The summed E-state index contributed by atoms with van der Waals surface area (Å²) in [6, 6.07) is 1.70. The van der Waals surface area contributed by atoms with Crippen molar-refractivity contribution >= 4 is 17.5 Å². The number of hydrogen-bond donors (Lipinski definition) is 2. The molecule has 5 nitrogen and oxygen atoms in total. The van der Waals surface area contributed by atoms with Crippen molar-refractivity contribution in [2.24, 2.45) is 0 Å². The van der Waals surface area contributed by atoms with E-state index in [0.29, 0.717) is 6.07 Å². The Labute approximate surface area is 120 Å². The second-order valence-corrected chi connectivity index (χ2v) is 5.26. The van der Waals surface area contributed by atoms with E-state index >= 15 is 0 Å². The number of amides is 1. The first-order valence-corrected chi connectivity index (χ1v) is 5.99. The number of benzene rings is 1. The smallest absolute Gasteiger partial charge is 0.420 e. The summed E-state index contributed by atoms with van der Waals surface area (Å²) < 4.78 is 48.3. The van der Waals surface area contributed by atoms with Gasteiger partial charge >= 0.3 is 12.3 Å². The molecular formula is C13H17F3N2O3. The standard InChI is InChI=1S/C13H17F3N2O3/c1-12(2,3)21-11(19)18-9-5-7(13(14,15)16)10(20-4)6-8(9)17/h5-6H,17H2,1-4H3,(H,18,19). The zero-order valence-electron chi connectivity index (χ0n) is 12.1. The fourth-order valence-corrected chi connectivity index (χ4v) is 1.51. The van der Waals surface area contributed by atoms with E-state index in [2.05, 4.69) is 10.1 Å². The average Bonchev–Trinajstić information content (AvgIpc) is 2.27. The molecule has 0 aromatic heterocycles. The first-order chi connectivity index (χ1) is 9.44. The molecule has 0 saturated carbocycles. The van der Waals surface area contributed by atoms with E-state index in [1.165, 1.54) is 0 Å². The van der Waals surface area contributed by atoms with Gasteiger partial charge in [-0.25, -0.2) is 4.79 Å². The monoisotopic (exact) mass is 306 g/mol. The highest BCUT2D eigenvalue weighted by molar-refractivity contribution is 5.89. The van der Waals surface area contributed by atoms with E-state index in [-0.39, 0.29) is 11.4 Å². The number of anilines is 2. The maximum Gasteiger partial charge on any atom is 0.420 e. The van der Waals surface area contributed by atoms with Gasteiger partial charge in [0.2, 0.25) is 0 Å². The SMILES string of the molecule is COc1cc(N)c(NC(=O)OC(C)(C)C)cc1C(F)(F)F. The number of carbonyl (C=O) groups excluding carboxylic acids is 1. The molecule has 1 amide bonds. The summed E-state index contributed by atoms with van der Waals surface area (Å²) in [7, 11) is 1.10. The van der Waals surface area contributed by atoms with E-state index in [9.17, 15) is 18.0 Å². The molecule has 0 fully saturated rings.